The Morgan fingerprint density at radius 2 is 0.593 bits per heavy atom. The number of Topliss-reactive ketones (excluding diaryl/α,β-unsaturated/α-hetero) is 1. The molecule has 0 spiro atoms. The van der Waals surface area contributed by atoms with Crippen molar-refractivity contribution in [1.82, 2.24) is 0 Å². The van der Waals surface area contributed by atoms with Crippen LogP contribution in [0, 0.1) is 11.8 Å². The molecule has 0 fully saturated rings. The van der Waals surface area contributed by atoms with Crippen LogP contribution in [0.1, 0.15) is 61.1 Å². The molecule has 0 aliphatic rings. The van der Waals surface area contributed by atoms with Crippen LogP contribution >= 0.6 is 0 Å². The molecule has 0 aliphatic carbocycles. The highest BCUT2D eigenvalue weighted by atomic mass is 16.3. The largest absolute Gasteiger partial charge is 0.388 e. The van der Waals surface area contributed by atoms with Gasteiger partial charge >= 0.3 is 0 Å². The Bertz CT molecular complexity index is 1810. The first-order valence-electron chi connectivity index (χ1n) is 19.2. The van der Waals surface area contributed by atoms with Crippen molar-refractivity contribution in [2.75, 3.05) is 0 Å². The molecule has 6 aromatic rings. The van der Waals surface area contributed by atoms with E-state index in [4.69, 9.17) is 0 Å². The Morgan fingerprint density at radius 3 is 0.815 bits per heavy atom. The van der Waals surface area contributed by atoms with Crippen molar-refractivity contribution >= 4 is 5.78 Å². The van der Waals surface area contributed by atoms with Gasteiger partial charge in [0.15, 0.2) is 0 Å². The van der Waals surface area contributed by atoms with E-state index in [1.165, 1.54) is 0 Å². The fraction of sp³-hybridized carbons (Fsp3) is 0.275. The molecule has 6 aromatic carbocycles. The zero-order valence-electron chi connectivity index (χ0n) is 32.1. The van der Waals surface area contributed by atoms with E-state index in [0.717, 1.165) is 33.4 Å². The van der Waals surface area contributed by atoms with E-state index in [-0.39, 0.29) is 31.5 Å². The summed E-state index contributed by atoms with van der Waals surface area (Å²) < 4.78 is 0. The molecule has 0 aliphatic heterocycles. The summed E-state index contributed by atoms with van der Waals surface area (Å²) in [6.07, 6.45) is 1.01. The molecular formula is C51H54O3. The van der Waals surface area contributed by atoms with Crippen molar-refractivity contribution in [3.05, 3.63) is 215 Å². The third-order valence-corrected chi connectivity index (χ3v) is 11.5. The second-order valence-electron chi connectivity index (χ2n) is 16.3. The van der Waals surface area contributed by atoms with Crippen molar-refractivity contribution < 1.29 is 15.0 Å². The fourth-order valence-corrected chi connectivity index (χ4v) is 9.15. The highest BCUT2D eigenvalue weighted by Gasteiger charge is 2.58. The lowest BCUT2D eigenvalue weighted by atomic mass is 9.53. The topological polar surface area (TPSA) is 57.5 Å². The molecule has 0 radical (unpaired) electrons. The zero-order chi connectivity index (χ0) is 38.2. The Labute approximate surface area is 322 Å². The summed E-state index contributed by atoms with van der Waals surface area (Å²) in [4.78, 5) is 16.6. The molecule has 2 N–H and O–H groups in total. The lowest BCUT2D eigenvalue weighted by Gasteiger charge is -2.51. The van der Waals surface area contributed by atoms with Crippen LogP contribution < -0.4 is 0 Å². The minimum atomic E-state index is -1.55. The van der Waals surface area contributed by atoms with E-state index < -0.39 is 33.9 Å². The number of rotatable bonds is 16. The molecule has 54 heavy (non-hydrogen) atoms. The van der Waals surface area contributed by atoms with Crippen LogP contribution in [-0.2, 0) is 41.3 Å². The average molecular weight is 715 g/mol. The quantitative estimate of drug-likeness (QED) is 0.105. The Balaban J connectivity index is 1.64. The van der Waals surface area contributed by atoms with Gasteiger partial charge in [-0.1, -0.05) is 210 Å². The van der Waals surface area contributed by atoms with Gasteiger partial charge in [-0.3, -0.25) is 4.79 Å². The summed E-state index contributed by atoms with van der Waals surface area (Å²) in [6, 6.07) is 60.2. The van der Waals surface area contributed by atoms with Crippen LogP contribution in [0.4, 0.5) is 0 Å². The van der Waals surface area contributed by atoms with E-state index in [0.29, 0.717) is 0 Å². The van der Waals surface area contributed by atoms with Gasteiger partial charge in [0.25, 0.3) is 0 Å². The summed E-state index contributed by atoms with van der Waals surface area (Å²) in [5, 5.41) is 27.3. The van der Waals surface area contributed by atoms with Gasteiger partial charge in [0.05, 0.1) is 23.0 Å². The van der Waals surface area contributed by atoms with E-state index in [9.17, 15) is 10.2 Å². The molecule has 0 heterocycles. The molecule has 6 rings (SSSR count). The maximum absolute atomic E-state index is 16.6. The molecule has 3 heteroatoms. The number of benzene rings is 6. The molecule has 2 atom stereocenters. The molecule has 0 saturated carbocycles. The third-order valence-electron chi connectivity index (χ3n) is 11.5. The summed E-state index contributed by atoms with van der Waals surface area (Å²) in [7, 11) is 0. The number of carbonyl (C=O) groups excluding carboxylic acids is 1. The first-order valence-corrected chi connectivity index (χ1v) is 19.2. The normalized spacial score (nSPS) is 13.6. The van der Waals surface area contributed by atoms with E-state index in [1.54, 1.807) is 0 Å². The van der Waals surface area contributed by atoms with E-state index >= 15 is 4.79 Å². The highest BCUT2D eigenvalue weighted by Crippen LogP contribution is 2.50. The second kappa shape index (κ2) is 16.5. The highest BCUT2D eigenvalue weighted by molar-refractivity contribution is 5.89. The van der Waals surface area contributed by atoms with Crippen molar-refractivity contribution in [3.8, 4) is 0 Å². The summed E-state index contributed by atoms with van der Waals surface area (Å²) >= 11 is 0. The van der Waals surface area contributed by atoms with Crippen LogP contribution in [0.15, 0.2) is 182 Å². The number of aliphatic hydroxyl groups is 2. The van der Waals surface area contributed by atoms with Gasteiger partial charge < -0.3 is 10.2 Å². The fourth-order valence-electron chi connectivity index (χ4n) is 9.15. The predicted octanol–water partition coefficient (Wildman–Crippen LogP) is 10.2. The molecule has 3 nitrogen and oxygen atoms in total. The molecule has 0 saturated heterocycles. The van der Waals surface area contributed by atoms with Crippen molar-refractivity contribution in [2.45, 2.75) is 75.4 Å². The lowest BCUT2D eigenvalue weighted by Crippen LogP contribution is -2.62. The first-order chi connectivity index (χ1) is 25.9. The van der Waals surface area contributed by atoms with E-state index in [2.05, 4.69) is 52.0 Å². The monoisotopic (exact) mass is 714 g/mol. The Hall–Kier alpha value is -5.09. The van der Waals surface area contributed by atoms with Gasteiger partial charge in [0.2, 0.25) is 0 Å². The molecule has 0 bridgehead atoms. The van der Waals surface area contributed by atoms with E-state index in [1.807, 2.05) is 158 Å². The van der Waals surface area contributed by atoms with Gasteiger partial charge in [-0.2, -0.15) is 0 Å². The smallest absolute Gasteiger partial charge is 0.146 e. The molecule has 0 aromatic heterocycles. The first kappa shape index (κ1) is 38.6. The second-order valence-corrected chi connectivity index (χ2v) is 16.3. The molecular weight excluding hydrogens is 661 g/mol. The molecule has 0 amide bonds. The maximum atomic E-state index is 16.6. The van der Waals surface area contributed by atoms with Crippen molar-refractivity contribution in [1.29, 1.82) is 0 Å². The zero-order valence-corrected chi connectivity index (χ0v) is 32.1. The van der Waals surface area contributed by atoms with Gasteiger partial charge in [-0.05, 0) is 33.4 Å². The summed E-state index contributed by atoms with van der Waals surface area (Å²) in [5.74, 6) is -2.04. The van der Waals surface area contributed by atoms with Crippen LogP contribution in [0.5, 0.6) is 0 Å². The Kier molecular flexibility index (Phi) is 11.8. The van der Waals surface area contributed by atoms with Crippen LogP contribution in [-0.4, -0.2) is 27.2 Å². The van der Waals surface area contributed by atoms with Crippen molar-refractivity contribution in [3.63, 3.8) is 0 Å². The van der Waals surface area contributed by atoms with Gasteiger partial charge in [-0.15, -0.1) is 0 Å². The average Bonchev–Trinajstić information content (AvgIpc) is 3.17. The minimum Gasteiger partial charge on any atom is -0.388 e. The Morgan fingerprint density at radius 1 is 0.389 bits per heavy atom. The number of hydrogen-bond donors (Lipinski definition) is 2. The molecule has 2 unspecified atom stereocenters. The summed E-state index contributed by atoms with van der Waals surface area (Å²) in [5.41, 5.74) is 0.864. The van der Waals surface area contributed by atoms with Gasteiger partial charge in [0, 0.05) is 36.5 Å². The minimum absolute atomic E-state index is 0.151. The predicted molar refractivity (Wildman–Crippen MR) is 221 cm³/mol. The van der Waals surface area contributed by atoms with Crippen LogP contribution in [0.2, 0.25) is 0 Å². The van der Waals surface area contributed by atoms with Gasteiger partial charge in [0.1, 0.15) is 5.78 Å². The van der Waals surface area contributed by atoms with Gasteiger partial charge in [-0.25, -0.2) is 0 Å². The summed E-state index contributed by atoms with van der Waals surface area (Å²) in [6.45, 7) is 8.36. The van der Waals surface area contributed by atoms with Crippen LogP contribution in [0.3, 0.4) is 0 Å². The standard InChI is InChI=1S/C51H54O3/c1-48(2,43-31-19-9-20-32-43)46(50(53,35-39-23-11-5-12-24-39)36-40-25-13-6-14-26-40)45(52)47(49(3,4)44-33-21-10-22-34-44)51(54,37-41-27-15-7-16-28-41)38-42-29-17-8-18-30-42/h5-34,46-47,53-54H,35-38H2,1-4H3. The number of ketones is 1. The van der Waals surface area contributed by atoms with Crippen LogP contribution in [0.25, 0.3) is 0 Å². The number of hydrogen-bond acceptors (Lipinski definition) is 3. The third kappa shape index (κ3) is 8.65. The maximum Gasteiger partial charge on any atom is 0.146 e. The lowest BCUT2D eigenvalue weighted by molar-refractivity contribution is -0.156. The van der Waals surface area contributed by atoms with Crippen molar-refractivity contribution in [2.24, 2.45) is 11.8 Å². The SMILES string of the molecule is CC(C)(c1ccccc1)C(C(=O)C(C(O)(Cc1ccccc1)Cc1ccccc1)C(C)(C)c1ccccc1)C(O)(Cc1ccccc1)Cc1ccccc1. The number of carbonyl (C=O) groups is 1. The molecule has 276 valence electrons.